The molecule has 22 heavy (non-hydrogen) atoms. The number of ether oxygens (including phenoxy) is 1. The minimum absolute atomic E-state index is 0. The molecule has 0 atom stereocenters. The summed E-state index contributed by atoms with van der Waals surface area (Å²) in [5.74, 6) is 0. The van der Waals surface area contributed by atoms with Crippen LogP contribution in [0.15, 0.2) is 4.21 Å². The van der Waals surface area contributed by atoms with Gasteiger partial charge in [0.2, 0.25) is 0 Å². The van der Waals surface area contributed by atoms with Gasteiger partial charge in [-0.3, -0.25) is 0 Å². The van der Waals surface area contributed by atoms with Crippen LogP contribution < -0.4 is 5.73 Å². The number of hydrogen-bond acceptors (Lipinski definition) is 6. The Bertz CT molecular complexity index is 569. The molecule has 2 heterocycles. The highest BCUT2D eigenvalue weighted by atomic mass is 35.5. The molecule has 1 saturated heterocycles. The monoisotopic (exact) mass is 369 g/mol. The van der Waals surface area contributed by atoms with Crippen LogP contribution in [0.25, 0.3) is 0 Å². The smallest absolute Gasteiger partial charge is 0.254 e. The van der Waals surface area contributed by atoms with Crippen LogP contribution in [0.5, 0.6) is 0 Å². The Hall–Kier alpha value is -0.250. The molecule has 2 rings (SSSR count). The molecule has 128 valence electrons. The van der Waals surface area contributed by atoms with Gasteiger partial charge in [-0.1, -0.05) is 0 Å². The third kappa shape index (κ3) is 4.62. The Morgan fingerprint density at radius 3 is 2.50 bits per heavy atom. The average Bonchev–Trinajstić information content (AvgIpc) is 2.79. The van der Waals surface area contributed by atoms with E-state index in [0.717, 1.165) is 24.3 Å². The van der Waals surface area contributed by atoms with Gasteiger partial charge < -0.3 is 10.5 Å². The van der Waals surface area contributed by atoms with Gasteiger partial charge in [0.05, 0.1) is 16.8 Å². The lowest BCUT2D eigenvalue weighted by molar-refractivity contribution is 0.0209. The third-order valence-electron chi connectivity index (χ3n) is 3.54. The molecule has 0 aliphatic carbocycles. The van der Waals surface area contributed by atoms with Crippen molar-refractivity contribution in [2.75, 3.05) is 26.2 Å². The van der Waals surface area contributed by atoms with E-state index in [1.807, 2.05) is 6.92 Å². The molecule has 1 aromatic heterocycles. The Kier molecular flexibility index (Phi) is 7.70. The standard InChI is InChI=1S/C13H23N3O3S2.ClH/c1-10-13(20-11(2)15-10)21(17,18)16-7-4-12(5-8-16)19-9-3-6-14;/h12H,3-9,14H2,1-2H3;1H. The maximum atomic E-state index is 12.6. The second-order valence-corrected chi connectivity index (χ2v) is 8.56. The molecule has 2 N–H and O–H groups in total. The number of thiazole rings is 1. The van der Waals surface area contributed by atoms with Gasteiger partial charge >= 0.3 is 0 Å². The van der Waals surface area contributed by atoms with Gasteiger partial charge in [0.25, 0.3) is 10.0 Å². The molecule has 1 fully saturated rings. The average molecular weight is 370 g/mol. The van der Waals surface area contributed by atoms with Crippen LogP contribution in [0.4, 0.5) is 0 Å². The van der Waals surface area contributed by atoms with E-state index in [4.69, 9.17) is 10.5 Å². The van der Waals surface area contributed by atoms with Crippen molar-refractivity contribution >= 4 is 33.8 Å². The van der Waals surface area contributed by atoms with Gasteiger partial charge in [-0.15, -0.1) is 23.7 Å². The second-order valence-electron chi connectivity index (χ2n) is 5.22. The van der Waals surface area contributed by atoms with E-state index in [1.54, 1.807) is 11.2 Å². The number of hydrogen-bond donors (Lipinski definition) is 1. The zero-order valence-electron chi connectivity index (χ0n) is 12.9. The summed E-state index contributed by atoms with van der Waals surface area (Å²) in [6.07, 6.45) is 2.46. The van der Waals surface area contributed by atoms with Crippen molar-refractivity contribution in [1.82, 2.24) is 9.29 Å². The largest absolute Gasteiger partial charge is 0.378 e. The van der Waals surface area contributed by atoms with Gasteiger partial charge in [0.1, 0.15) is 0 Å². The normalized spacial score (nSPS) is 17.4. The lowest BCUT2D eigenvalue weighted by Gasteiger charge is -2.30. The topological polar surface area (TPSA) is 85.5 Å². The summed E-state index contributed by atoms with van der Waals surface area (Å²) in [6.45, 7) is 5.86. The predicted molar refractivity (Wildman–Crippen MR) is 90.2 cm³/mol. The maximum absolute atomic E-state index is 12.6. The van der Waals surface area contributed by atoms with Gasteiger partial charge in [-0.05, 0) is 39.7 Å². The zero-order valence-corrected chi connectivity index (χ0v) is 15.4. The SMILES string of the molecule is Cc1nc(C)c(S(=O)(=O)N2CCC(OCCCN)CC2)s1.Cl. The van der Waals surface area contributed by atoms with Crippen LogP contribution >= 0.6 is 23.7 Å². The first-order valence-corrected chi connectivity index (χ1v) is 9.46. The molecule has 0 unspecified atom stereocenters. The van der Waals surface area contributed by atoms with E-state index in [2.05, 4.69) is 4.98 Å². The fourth-order valence-corrected chi connectivity index (χ4v) is 5.53. The molecule has 0 aromatic carbocycles. The highest BCUT2D eigenvalue weighted by Gasteiger charge is 2.32. The highest BCUT2D eigenvalue weighted by Crippen LogP contribution is 2.28. The number of rotatable bonds is 6. The molecule has 1 aliphatic rings. The molecule has 0 amide bonds. The molecule has 0 bridgehead atoms. The molecular formula is C13H24ClN3O3S2. The second kappa shape index (κ2) is 8.56. The molecule has 0 radical (unpaired) electrons. The van der Waals surface area contributed by atoms with Crippen molar-refractivity contribution in [3.05, 3.63) is 10.7 Å². The van der Waals surface area contributed by atoms with Gasteiger partial charge in [0, 0.05) is 19.7 Å². The fraction of sp³-hybridized carbons (Fsp3) is 0.769. The van der Waals surface area contributed by atoms with Crippen LogP contribution in [0.2, 0.25) is 0 Å². The number of nitrogens with two attached hydrogens (primary N) is 1. The molecule has 1 aliphatic heterocycles. The number of sulfonamides is 1. The first-order chi connectivity index (χ1) is 9.95. The predicted octanol–water partition coefficient (Wildman–Crippen LogP) is 1.70. The lowest BCUT2D eigenvalue weighted by atomic mass is 10.1. The number of halogens is 1. The van der Waals surface area contributed by atoms with Crippen LogP contribution in [-0.2, 0) is 14.8 Å². The van der Waals surface area contributed by atoms with E-state index in [9.17, 15) is 8.42 Å². The Balaban J connectivity index is 0.00000242. The van der Waals surface area contributed by atoms with E-state index in [0.29, 0.717) is 36.1 Å². The van der Waals surface area contributed by atoms with Crippen LogP contribution in [0, 0.1) is 13.8 Å². The Morgan fingerprint density at radius 2 is 2.00 bits per heavy atom. The van der Waals surface area contributed by atoms with Gasteiger partial charge in [-0.2, -0.15) is 4.31 Å². The summed E-state index contributed by atoms with van der Waals surface area (Å²) >= 11 is 1.25. The molecule has 0 spiro atoms. The molecule has 1 aromatic rings. The summed E-state index contributed by atoms with van der Waals surface area (Å²) in [5.41, 5.74) is 6.03. The third-order valence-corrected chi connectivity index (χ3v) is 7.10. The van der Waals surface area contributed by atoms with Crippen molar-refractivity contribution in [3.63, 3.8) is 0 Å². The van der Waals surface area contributed by atoms with Crippen LogP contribution in [0.3, 0.4) is 0 Å². The summed E-state index contributed by atoms with van der Waals surface area (Å²) in [7, 11) is -3.41. The number of aryl methyl sites for hydroxylation is 2. The minimum atomic E-state index is -3.41. The summed E-state index contributed by atoms with van der Waals surface area (Å²) in [6, 6.07) is 0. The van der Waals surface area contributed by atoms with Crippen molar-refractivity contribution in [1.29, 1.82) is 0 Å². The summed E-state index contributed by atoms with van der Waals surface area (Å²) in [5, 5.41) is 0.783. The first kappa shape index (κ1) is 19.8. The molecular weight excluding hydrogens is 346 g/mol. The van der Waals surface area contributed by atoms with Crippen LogP contribution in [-0.4, -0.2) is 50.1 Å². The number of aromatic nitrogens is 1. The highest BCUT2D eigenvalue weighted by molar-refractivity contribution is 7.91. The maximum Gasteiger partial charge on any atom is 0.254 e. The van der Waals surface area contributed by atoms with Crippen molar-refractivity contribution in [3.8, 4) is 0 Å². The van der Waals surface area contributed by atoms with Gasteiger partial charge in [-0.25, -0.2) is 13.4 Å². The first-order valence-electron chi connectivity index (χ1n) is 7.21. The van der Waals surface area contributed by atoms with E-state index >= 15 is 0 Å². The van der Waals surface area contributed by atoms with Crippen molar-refractivity contribution < 1.29 is 13.2 Å². The molecule has 0 saturated carbocycles. The minimum Gasteiger partial charge on any atom is -0.378 e. The molecule has 6 nitrogen and oxygen atoms in total. The van der Waals surface area contributed by atoms with Crippen molar-refractivity contribution in [2.24, 2.45) is 5.73 Å². The van der Waals surface area contributed by atoms with E-state index in [1.165, 1.54) is 11.3 Å². The van der Waals surface area contributed by atoms with Gasteiger partial charge in [0.15, 0.2) is 4.21 Å². The van der Waals surface area contributed by atoms with Crippen LogP contribution in [0.1, 0.15) is 30.0 Å². The Morgan fingerprint density at radius 1 is 1.36 bits per heavy atom. The van der Waals surface area contributed by atoms with E-state index in [-0.39, 0.29) is 18.5 Å². The van der Waals surface area contributed by atoms with Crippen molar-refractivity contribution in [2.45, 2.75) is 43.4 Å². The molecule has 9 heteroatoms. The summed E-state index contributed by atoms with van der Waals surface area (Å²) in [4.78, 5) is 4.21. The number of nitrogens with zero attached hydrogens (tertiary/aromatic N) is 2. The quantitative estimate of drug-likeness (QED) is 0.771. The fourth-order valence-electron chi connectivity index (χ4n) is 2.44. The van der Waals surface area contributed by atoms with E-state index < -0.39 is 10.0 Å². The number of piperidine rings is 1. The lowest BCUT2D eigenvalue weighted by Crippen LogP contribution is -2.40. The summed E-state index contributed by atoms with van der Waals surface area (Å²) < 4.78 is 32.9. The zero-order chi connectivity index (χ0) is 15.5. The Labute approximate surface area is 142 Å².